The lowest BCUT2D eigenvalue weighted by Crippen LogP contribution is -2.46. The fourth-order valence-electron chi connectivity index (χ4n) is 2.09. The Labute approximate surface area is 113 Å². The Kier molecular flexibility index (Phi) is 4.19. The smallest absolute Gasteiger partial charge is 0.405 e. The molecule has 1 aliphatic rings. The molecule has 0 spiro atoms. The summed E-state index contributed by atoms with van der Waals surface area (Å²) >= 11 is 0. The maximum Gasteiger partial charge on any atom is 0.573 e. The summed E-state index contributed by atoms with van der Waals surface area (Å²) in [6, 6.07) is 3.00. The molecule has 0 radical (unpaired) electrons. The van der Waals surface area contributed by atoms with Crippen molar-refractivity contribution in [2.45, 2.75) is 37.8 Å². The van der Waals surface area contributed by atoms with Gasteiger partial charge in [0.1, 0.15) is 11.6 Å². The second-order valence-corrected chi connectivity index (χ2v) is 4.98. The van der Waals surface area contributed by atoms with Crippen LogP contribution in [-0.2, 0) is 6.54 Å². The molecule has 0 heterocycles. The molecule has 2 N–H and O–H groups in total. The predicted molar refractivity (Wildman–Crippen MR) is 63.6 cm³/mol. The summed E-state index contributed by atoms with van der Waals surface area (Å²) in [5.74, 6) is -1.36. The Morgan fingerprint density at radius 3 is 2.55 bits per heavy atom. The van der Waals surface area contributed by atoms with Gasteiger partial charge in [0.2, 0.25) is 0 Å². The Balaban J connectivity index is 1.99. The summed E-state index contributed by atoms with van der Waals surface area (Å²) in [6.07, 6.45) is -2.57. The molecule has 20 heavy (non-hydrogen) atoms. The van der Waals surface area contributed by atoms with E-state index in [1.807, 2.05) is 0 Å². The lowest BCUT2D eigenvalue weighted by Gasteiger charge is -2.36. The van der Waals surface area contributed by atoms with Crippen molar-refractivity contribution in [3.05, 3.63) is 29.6 Å². The summed E-state index contributed by atoms with van der Waals surface area (Å²) < 4.78 is 53.5. The van der Waals surface area contributed by atoms with E-state index in [1.165, 1.54) is 6.07 Å². The zero-order valence-corrected chi connectivity index (χ0v) is 10.6. The first-order chi connectivity index (χ1) is 9.27. The lowest BCUT2D eigenvalue weighted by atomic mass is 9.80. The number of aliphatic hydroxyl groups is 1. The lowest BCUT2D eigenvalue weighted by molar-refractivity contribution is -0.275. The van der Waals surface area contributed by atoms with Gasteiger partial charge in [-0.15, -0.1) is 13.2 Å². The maximum atomic E-state index is 13.0. The van der Waals surface area contributed by atoms with Crippen molar-refractivity contribution >= 4 is 0 Å². The predicted octanol–water partition coefficient (Wildman–Crippen LogP) is 2.73. The highest BCUT2D eigenvalue weighted by atomic mass is 19.4. The van der Waals surface area contributed by atoms with Crippen molar-refractivity contribution in [3.8, 4) is 5.75 Å². The van der Waals surface area contributed by atoms with E-state index in [0.29, 0.717) is 18.9 Å². The molecule has 1 aromatic rings. The summed E-state index contributed by atoms with van der Waals surface area (Å²) in [6.45, 7) is 0.351. The van der Waals surface area contributed by atoms with Crippen molar-refractivity contribution in [1.29, 1.82) is 0 Å². The van der Waals surface area contributed by atoms with E-state index in [-0.39, 0.29) is 18.7 Å². The van der Waals surface area contributed by atoms with E-state index < -0.39 is 23.5 Å². The standard InChI is InChI=1S/C13H15F4NO2/c14-10-3-2-9(11(6-10)20-13(15,16)17)7-18-8-12(19)4-1-5-12/h2-3,6,18-19H,1,4-5,7-8H2. The Hall–Kier alpha value is -1.34. The highest BCUT2D eigenvalue weighted by molar-refractivity contribution is 5.34. The van der Waals surface area contributed by atoms with Crippen LogP contribution in [0, 0.1) is 5.82 Å². The zero-order valence-electron chi connectivity index (χ0n) is 10.6. The van der Waals surface area contributed by atoms with Crippen LogP contribution >= 0.6 is 0 Å². The van der Waals surface area contributed by atoms with Crippen LogP contribution in [-0.4, -0.2) is 23.6 Å². The van der Waals surface area contributed by atoms with Crippen molar-refractivity contribution in [2.24, 2.45) is 0 Å². The van der Waals surface area contributed by atoms with E-state index in [9.17, 15) is 22.7 Å². The monoisotopic (exact) mass is 293 g/mol. The van der Waals surface area contributed by atoms with Gasteiger partial charge in [-0.1, -0.05) is 6.07 Å². The quantitative estimate of drug-likeness (QED) is 0.820. The van der Waals surface area contributed by atoms with E-state index in [1.54, 1.807) is 0 Å². The number of ether oxygens (including phenoxy) is 1. The number of nitrogens with one attached hydrogen (secondary N) is 1. The minimum Gasteiger partial charge on any atom is -0.405 e. The zero-order chi connectivity index (χ0) is 14.8. The van der Waals surface area contributed by atoms with Crippen LogP contribution in [0.15, 0.2) is 18.2 Å². The molecule has 3 nitrogen and oxygen atoms in total. The summed E-state index contributed by atoms with van der Waals surface area (Å²) in [5.41, 5.74) is -0.586. The van der Waals surface area contributed by atoms with Crippen LogP contribution in [0.2, 0.25) is 0 Å². The van der Waals surface area contributed by atoms with Gasteiger partial charge in [-0.05, 0) is 25.3 Å². The average molecular weight is 293 g/mol. The third-order valence-electron chi connectivity index (χ3n) is 3.31. The largest absolute Gasteiger partial charge is 0.573 e. The molecule has 0 unspecified atom stereocenters. The summed E-state index contributed by atoms with van der Waals surface area (Å²) in [4.78, 5) is 0. The molecular weight excluding hydrogens is 278 g/mol. The van der Waals surface area contributed by atoms with E-state index in [4.69, 9.17) is 0 Å². The maximum absolute atomic E-state index is 13.0. The van der Waals surface area contributed by atoms with E-state index in [2.05, 4.69) is 10.1 Å². The van der Waals surface area contributed by atoms with Crippen LogP contribution in [0.3, 0.4) is 0 Å². The Morgan fingerprint density at radius 2 is 2.00 bits per heavy atom. The van der Waals surface area contributed by atoms with Crippen LogP contribution in [0.4, 0.5) is 17.6 Å². The second kappa shape index (κ2) is 5.57. The van der Waals surface area contributed by atoms with Gasteiger partial charge < -0.3 is 15.2 Å². The third kappa shape index (κ3) is 4.08. The molecular formula is C13H15F4NO2. The molecule has 0 aromatic heterocycles. The van der Waals surface area contributed by atoms with Crippen LogP contribution in [0.1, 0.15) is 24.8 Å². The molecule has 2 rings (SSSR count). The molecule has 0 aliphatic heterocycles. The van der Waals surface area contributed by atoms with Crippen molar-refractivity contribution in [2.75, 3.05) is 6.54 Å². The van der Waals surface area contributed by atoms with Gasteiger partial charge in [0.15, 0.2) is 0 Å². The number of hydrogen-bond donors (Lipinski definition) is 2. The fraction of sp³-hybridized carbons (Fsp3) is 0.538. The normalized spacial score (nSPS) is 17.6. The number of benzene rings is 1. The minimum absolute atomic E-state index is 0.0635. The van der Waals surface area contributed by atoms with Crippen LogP contribution < -0.4 is 10.1 Å². The third-order valence-corrected chi connectivity index (χ3v) is 3.31. The minimum atomic E-state index is -4.87. The van der Waals surface area contributed by atoms with Gasteiger partial charge in [-0.25, -0.2) is 4.39 Å². The topological polar surface area (TPSA) is 41.5 Å². The van der Waals surface area contributed by atoms with E-state index in [0.717, 1.165) is 12.5 Å². The first-order valence-corrected chi connectivity index (χ1v) is 6.25. The molecule has 1 fully saturated rings. The number of halogens is 4. The van der Waals surface area contributed by atoms with Crippen molar-refractivity contribution < 1.29 is 27.4 Å². The number of hydrogen-bond acceptors (Lipinski definition) is 3. The second-order valence-electron chi connectivity index (χ2n) is 4.98. The molecule has 0 bridgehead atoms. The van der Waals surface area contributed by atoms with Gasteiger partial charge in [0.25, 0.3) is 0 Å². The summed E-state index contributed by atoms with van der Waals surface area (Å²) in [7, 11) is 0. The molecule has 7 heteroatoms. The molecule has 1 saturated carbocycles. The Morgan fingerprint density at radius 1 is 1.30 bits per heavy atom. The molecule has 1 aliphatic carbocycles. The van der Waals surface area contributed by atoms with Gasteiger partial charge in [-0.3, -0.25) is 0 Å². The van der Waals surface area contributed by atoms with Crippen molar-refractivity contribution in [3.63, 3.8) is 0 Å². The molecule has 112 valence electrons. The number of rotatable bonds is 5. The van der Waals surface area contributed by atoms with Crippen LogP contribution in [0.25, 0.3) is 0 Å². The molecule has 0 atom stereocenters. The number of alkyl halides is 3. The first-order valence-electron chi connectivity index (χ1n) is 6.25. The average Bonchev–Trinajstić information content (AvgIpc) is 2.27. The first kappa shape index (κ1) is 15.1. The fourth-order valence-corrected chi connectivity index (χ4v) is 2.09. The highest BCUT2D eigenvalue weighted by Gasteiger charge is 2.34. The summed E-state index contributed by atoms with van der Waals surface area (Å²) in [5, 5.41) is 12.7. The van der Waals surface area contributed by atoms with E-state index >= 15 is 0 Å². The van der Waals surface area contributed by atoms with Gasteiger partial charge >= 0.3 is 6.36 Å². The Bertz CT molecular complexity index is 472. The van der Waals surface area contributed by atoms with Gasteiger partial charge in [0.05, 0.1) is 5.60 Å². The van der Waals surface area contributed by atoms with Crippen LogP contribution in [0.5, 0.6) is 5.75 Å². The van der Waals surface area contributed by atoms with Gasteiger partial charge in [0, 0.05) is 24.7 Å². The highest BCUT2D eigenvalue weighted by Crippen LogP contribution is 2.31. The molecule has 0 amide bonds. The van der Waals surface area contributed by atoms with Gasteiger partial charge in [-0.2, -0.15) is 0 Å². The SMILES string of the molecule is OC1(CNCc2ccc(F)cc2OC(F)(F)F)CCC1. The molecule has 0 saturated heterocycles. The van der Waals surface area contributed by atoms with Crippen molar-refractivity contribution in [1.82, 2.24) is 5.32 Å². The molecule has 1 aromatic carbocycles.